The first-order chi connectivity index (χ1) is 7.61. The van der Waals surface area contributed by atoms with Crippen molar-refractivity contribution in [1.82, 2.24) is 0 Å². The first kappa shape index (κ1) is 10.9. The first-order valence-electron chi connectivity index (χ1n) is 5.32. The van der Waals surface area contributed by atoms with Crippen molar-refractivity contribution in [1.29, 1.82) is 0 Å². The fourth-order valence-electron chi connectivity index (χ4n) is 2.13. The lowest BCUT2D eigenvalue weighted by molar-refractivity contribution is -0.145. The average molecular weight is 218 g/mol. The zero-order chi connectivity index (χ0) is 11.7. The number of benzene rings is 1. The van der Waals surface area contributed by atoms with Gasteiger partial charge in [0.15, 0.2) is 5.78 Å². The summed E-state index contributed by atoms with van der Waals surface area (Å²) in [6.07, 6.45) is 0.872. The molecule has 3 heteroatoms. The van der Waals surface area contributed by atoms with Gasteiger partial charge < -0.3 is 4.74 Å². The van der Waals surface area contributed by atoms with Gasteiger partial charge in [0.1, 0.15) is 0 Å². The van der Waals surface area contributed by atoms with Crippen molar-refractivity contribution < 1.29 is 14.3 Å². The van der Waals surface area contributed by atoms with E-state index >= 15 is 0 Å². The zero-order valence-electron chi connectivity index (χ0n) is 9.45. The van der Waals surface area contributed by atoms with Crippen LogP contribution in [0.25, 0.3) is 0 Å². The third-order valence-corrected chi connectivity index (χ3v) is 3.00. The van der Waals surface area contributed by atoms with E-state index in [0.717, 1.165) is 16.7 Å². The fourth-order valence-corrected chi connectivity index (χ4v) is 2.13. The molecule has 0 radical (unpaired) electrons. The van der Waals surface area contributed by atoms with E-state index in [2.05, 4.69) is 4.74 Å². The normalized spacial score (nSPS) is 19.1. The number of carbonyl (C=O) groups is 2. The smallest absolute Gasteiger partial charge is 0.309 e. The lowest BCUT2D eigenvalue weighted by Gasteiger charge is -2.21. The maximum absolute atomic E-state index is 11.9. The van der Waals surface area contributed by atoms with Gasteiger partial charge in [-0.3, -0.25) is 9.59 Å². The third-order valence-electron chi connectivity index (χ3n) is 3.00. The van der Waals surface area contributed by atoms with Crippen LogP contribution in [0.1, 0.15) is 27.9 Å². The van der Waals surface area contributed by atoms with E-state index in [1.165, 1.54) is 7.11 Å². The van der Waals surface area contributed by atoms with Crippen molar-refractivity contribution in [3.63, 3.8) is 0 Å². The number of rotatable bonds is 1. The SMILES string of the molecule is COC(=O)C1CC(=O)c2cc(C)ccc2C1. The Bertz CT molecular complexity index is 448. The van der Waals surface area contributed by atoms with Gasteiger partial charge in [0.2, 0.25) is 0 Å². The Morgan fingerprint density at radius 3 is 2.81 bits per heavy atom. The van der Waals surface area contributed by atoms with Crippen LogP contribution in [0.4, 0.5) is 0 Å². The molecule has 0 spiro atoms. The van der Waals surface area contributed by atoms with E-state index in [4.69, 9.17) is 0 Å². The molecule has 0 saturated carbocycles. The highest BCUT2D eigenvalue weighted by Gasteiger charge is 2.30. The van der Waals surface area contributed by atoms with Crippen molar-refractivity contribution in [2.75, 3.05) is 7.11 Å². The summed E-state index contributed by atoms with van der Waals surface area (Å²) in [5, 5.41) is 0. The molecule has 0 aromatic heterocycles. The van der Waals surface area contributed by atoms with Crippen LogP contribution in [0.2, 0.25) is 0 Å². The molecule has 0 saturated heterocycles. The van der Waals surface area contributed by atoms with Crippen molar-refractivity contribution in [3.05, 3.63) is 34.9 Å². The average Bonchev–Trinajstić information content (AvgIpc) is 2.28. The number of hydrogen-bond donors (Lipinski definition) is 0. The monoisotopic (exact) mass is 218 g/mol. The lowest BCUT2D eigenvalue weighted by atomic mass is 9.82. The summed E-state index contributed by atoms with van der Waals surface area (Å²) in [7, 11) is 1.36. The molecule has 0 amide bonds. The van der Waals surface area contributed by atoms with Gasteiger partial charge in [0.25, 0.3) is 0 Å². The molecule has 1 aromatic rings. The van der Waals surface area contributed by atoms with Crippen molar-refractivity contribution in [2.45, 2.75) is 19.8 Å². The molecule has 2 rings (SSSR count). The molecule has 84 valence electrons. The van der Waals surface area contributed by atoms with E-state index in [1.807, 2.05) is 25.1 Å². The molecular weight excluding hydrogens is 204 g/mol. The van der Waals surface area contributed by atoms with E-state index in [1.54, 1.807) is 0 Å². The Morgan fingerprint density at radius 2 is 2.12 bits per heavy atom. The molecule has 0 fully saturated rings. The summed E-state index contributed by atoms with van der Waals surface area (Å²) in [4.78, 5) is 23.3. The van der Waals surface area contributed by atoms with Gasteiger partial charge in [-0.05, 0) is 25.0 Å². The van der Waals surface area contributed by atoms with Gasteiger partial charge in [-0.2, -0.15) is 0 Å². The lowest BCUT2D eigenvalue weighted by Crippen LogP contribution is -2.27. The minimum atomic E-state index is -0.312. The van der Waals surface area contributed by atoms with Crippen LogP contribution >= 0.6 is 0 Å². The number of Topliss-reactive ketones (excluding diaryl/α,β-unsaturated/α-hetero) is 1. The summed E-state index contributed by atoms with van der Waals surface area (Å²) < 4.78 is 4.69. The zero-order valence-corrected chi connectivity index (χ0v) is 9.45. The predicted octanol–water partition coefficient (Wildman–Crippen LogP) is 1.91. The number of fused-ring (bicyclic) bond motifs is 1. The minimum absolute atomic E-state index is 0.0420. The molecule has 1 atom stereocenters. The van der Waals surface area contributed by atoms with Crippen LogP contribution in [0, 0.1) is 12.8 Å². The molecular formula is C13H14O3. The highest BCUT2D eigenvalue weighted by atomic mass is 16.5. The van der Waals surface area contributed by atoms with Gasteiger partial charge in [-0.15, -0.1) is 0 Å². The quantitative estimate of drug-likeness (QED) is 0.676. The van der Waals surface area contributed by atoms with Crippen molar-refractivity contribution in [2.24, 2.45) is 5.92 Å². The molecule has 3 nitrogen and oxygen atoms in total. The molecule has 0 N–H and O–H groups in total. The summed E-state index contributed by atoms with van der Waals surface area (Å²) in [5.74, 6) is -0.562. The molecule has 0 bridgehead atoms. The summed E-state index contributed by atoms with van der Waals surface area (Å²) >= 11 is 0. The number of carbonyl (C=O) groups excluding carboxylic acids is 2. The largest absolute Gasteiger partial charge is 0.469 e. The maximum Gasteiger partial charge on any atom is 0.309 e. The van der Waals surface area contributed by atoms with E-state index < -0.39 is 0 Å². The Kier molecular flexibility index (Phi) is 2.77. The third kappa shape index (κ3) is 1.85. The van der Waals surface area contributed by atoms with Crippen LogP contribution in [0.3, 0.4) is 0 Å². The first-order valence-corrected chi connectivity index (χ1v) is 5.32. The van der Waals surface area contributed by atoms with Crippen LogP contribution in [-0.2, 0) is 16.0 Å². The number of methoxy groups -OCH3 is 1. The Morgan fingerprint density at radius 1 is 1.38 bits per heavy atom. The number of aryl methyl sites for hydroxylation is 1. The summed E-state index contributed by atoms with van der Waals surface area (Å²) in [5.41, 5.74) is 2.79. The number of ether oxygens (including phenoxy) is 1. The minimum Gasteiger partial charge on any atom is -0.469 e. The molecule has 0 aliphatic heterocycles. The van der Waals surface area contributed by atoms with Crippen LogP contribution < -0.4 is 0 Å². The topological polar surface area (TPSA) is 43.4 Å². The number of ketones is 1. The predicted molar refractivity (Wildman–Crippen MR) is 59.3 cm³/mol. The van der Waals surface area contributed by atoms with Gasteiger partial charge in [-0.1, -0.05) is 17.7 Å². The molecule has 1 unspecified atom stereocenters. The Balaban J connectivity index is 2.33. The van der Waals surface area contributed by atoms with Crippen molar-refractivity contribution in [3.8, 4) is 0 Å². The molecule has 1 aliphatic carbocycles. The highest BCUT2D eigenvalue weighted by Crippen LogP contribution is 2.27. The van der Waals surface area contributed by atoms with Crippen LogP contribution in [0.5, 0.6) is 0 Å². The van der Waals surface area contributed by atoms with Gasteiger partial charge >= 0.3 is 5.97 Å². The number of hydrogen-bond acceptors (Lipinski definition) is 3. The number of esters is 1. The van der Waals surface area contributed by atoms with Crippen molar-refractivity contribution >= 4 is 11.8 Å². The Labute approximate surface area is 94.4 Å². The highest BCUT2D eigenvalue weighted by molar-refractivity contribution is 6.01. The van der Waals surface area contributed by atoms with Gasteiger partial charge in [-0.25, -0.2) is 0 Å². The standard InChI is InChI=1S/C13H14O3/c1-8-3-4-9-6-10(13(15)16-2)7-12(14)11(9)5-8/h3-5,10H,6-7H2,1-2H3. The second kappa shape index (κ2) is 4.08. The van der Waals surface area contributed by atoms with Crippen LogP contribution in [0.15, 0.2) is 18.2 Å². The van der Waals surface area contributed by atoms with E-state index in [0.29, 0.717) is 6.42 Å². The second-order valence-electron chi connectivity index (χ2n) is 4.21. The Hall–Kier alpha value is -1.64. The molecule has 0 heterocycles. The maximum atomic E-state index is 11.9. The molecule has 1 aromatic carbocycles. The summed E-state index contributed by atoms with van der Waals surface area (Å²) in [6.45, 7) is 1.96. The molecule has 1 aliphatic rings. The fraction of sp³-hybridized carbons (Fsp3) is 0.385. The van der Waals surface area contributed by atoms with Gasteiger partial charge in [0, 0.05) is 12.0 Å². The van der Waals surface area contributed by atoms with Gasteiger partial charge in [0.05, 0.1) is 13.0 Å². The summed E-state index contributed by atoms with van der Waals surface area (Å²) in [6, 6.07) is 5.79. The second-order valence-corrected chi connectivity index (χ2v) is 4.21. The van der Waals surface area contributed by atoms with E-state index in [9.17, 15) is 9.59 Å². The molecule has 16 heavy (non-hydrogen) atoms. The van der Waals surface area contributed by atoms with Crippen LogP contribution in [-0.4, -0.2) is 18.9 Å². The van der Waals surface area contributed by atoms with E-state index in [-0.39, 0.29) is 24.1 Å².